The van der Waals surface area contributed by atoms with Gasteiger partial charge in [-0.15, -0.1) is 0 Å². The van der Waals surface area contributed by atoms with Crippen LogP contribution in [0, 0.1) is 10.1 Å². The zero-order valence-electron chi connectivity index (χ0n) is 11.9. The van der Waals surface area contributed by atoms with Crippen LogP contribution in [0.2, 0.25) is 0 Å². The van der Waals surface area contributed by atoms with Crippen LogP contribution in [0.15, 0.2) is 21.3 Å². The van der Waals surface area contributed by atoms with Gasteiger partial charge in [0.2, 0.25) is 11.3 Å². The predicted octanol–water partition coefficient (Wildman–Crippen LogP) is 2.15. The minimum absolute atomic E-state index is 0.0756. The van der Waals surface area contributed by atoms with E-state index in [0.717, 1.165) is 0 Å². The van der Waals surface area contributed by atoms with Crippen LogP contribution >= 0.6 is 0 Å². The van der Waals surface area contributed by atoms with Gasteiger partial charge in [-0.05, 0) is 25.5 Å². The zero-order chi connectivity index (χ0) is 16.4. The van der Waals surface area contributed by atoms with Crippen LogP contribution in [-0.2, 0) is 11.2 Å². The highest BCUT2D eigenvalue weighted by Gasteiger charge is 2.26. The monoisotopic (exact) mass is 307 g/mol. The van der Waals surface area contributed by atoms with E-state index in [1.54, 1.807) is 13.8 Å². The van der Waals surface area contributed by atoms with E-state index >= 15 is 0 Å². The van der Waals surface area contributed by atoms with Crippen molar-refractivity contribution < 1.29 is 24.0 Å². The van der Waals surface area contributed by atoms with E-state index in [1.165, 1.54) is 12.1 Å². The lowest BCUT2D eigenvalue weighted by molar-refractivity contribution is -0.384. The molecule has 2 aromatic rings. The Hall–Kier alpha value is -2.90. The van der Waals surface area contributed by atoms with Gasteiger partial charge in [-0.2, -0.15) is 0 Å². The number of phenols is 1. The Morgan fingerprint density at radius 2 is 2.09 bits per heavy atom. The molecule has 0 spiro atoms. The van der Waals surface area contributed by atoms with Crippen molar-refractivity contribution >= 4 is 22.6 Å². The van der Waals surface area contributed by atoms with Crippen molar-refractivity contribution in [2.45, 2.75) is 20.3 Å². The van der Waals surface area contributed by atoms with Gasteiger partial charge in [-0.3, -0.25) is 10.1 Å². The molecule has 1 heterocycles. The van der Waals surface area contributed by atoms with E-state index in [-0.39, 0.29) is 23.1 Å². The maximum atomic E-state index is 11.8. The minimum Gasteiger partial charge on any atom is -0.502 e. The number of nitro benzene ring substituents is 1. The Morgan fingerprint density at radius 3 is 2.64 bits per heavy atom. The van der Waals surface area contributed by atoms with Crippen LogP contribution in [0.1, 0.15) is 29.8 Å². The quantitative estimate of drug-likeness (QED) is 0.397. The summed E-state index contributed by atoms with van der Waals surface area (Å²) in [7, 11) is 0. The van der Waals surface area contributed by atoms with Crippen molar-refractivity contribution in [3.63, 3.8) is 0 Å². The Kier molecular flexibility index (Phi) is 4.11. The van der Waals surface area contributed by atoms with Gasteiger partial charge < -0.3 is 14.3 Å². The standard InChI is InChI=1S/C14H13NO7/c1-3-7-5-8-6-9(13(17)21-4-2)14(18)22-12(8)10(11(7)16)15(19)20/h5-6,16H,3-4H2,1-2H3. The van der Waals surface area contributed by atoms with Crippen molar-refractivity contribution in [3.8, 4) is 5.75 Å². The topological polar surface area (TPSA) is 120 Å². The lowest BCUT2D eigenvalue weighted by Gasteiger charge is -2.07. The highest BCUT2D eigenvalue weighted by molar-refractivity contribution is 5.96. The molecule has 1 aromatic heterocycles. The molecule has 0 atom stereocenters. The molecule has 8 heteroatoms. The fourth-order valence-electron chi connectivity index (χ4n) is 2.08. The number of aromatic hydroxyl groups is 1. The molecule has 22 heavy (non-hydrogen) atoms. The maximum Gasteiger partial charge on any atom is 0.353 e. The average molecular weight is 307 g/mol. The molecule has 0 aliphatic heterocycles. The molecule has 0 unspecified atom stereocenters. The molecular weight excluding hydrogens is 294 g/mol. The van der Waals surface area contributed by atoms with Gasteiger partial charge in [0, 0.05) is 10.9 Å². The second kappa shape index (κ2) is 5.84. The first-order valence-corrected chi connectivity index (χ1v) is 6.54. The van der Waals surface area contributed by atoms with Gasteiger partial charge in [-0.1, -0.05) is 6.92 Å². The summed E-state index contributed by atoms with van der Waals surface area (Å²) in [5.41, 5.74) is -2.17. The predicted molar refractivity (Wildman–Crippen MR) is 76.1 cm³/mol. The summed E-state index contributed by atoms with van der Waals surface area (Å²) in [6, 6.07) is 2.61. The van der Waals surface area contributed by atoms with Crippen molar-refractivity contribution in [1.29, 1.82) is 0 Å². The number of ether oxygens (including phenoxy) is 1. The Morgan fingerprint density at radius 1 is 1.41 bits per heavy atom. The van der Waals surface area contributed by atoms with Gasteiger partial charge in [0.15, 0.2) is 0 Å². The number of hydrogen-bond donors (Lipinski definition) is 1. The van der Waals surface area contributed by atoms with Gasteiger partial charge in [0.05, 0.1) is 11.5 Å². The van der Waals surface area contributed by atoms with Crippen LogP contribution in [0.4, 0.5) is 5.69 Å². The number of phenolic OH excluding ortho intramolecular Hbond substituents is 1. The highest BCUT2D eigenvalue weighted by atomic mass is 16.6. The Balaban J connectivity index is 2.83. The number of carbonyl (C=O) groups is 1. The maximum absolute atomic E-state index is 11.8. The van der Waals surface area contributed by atoms with Gasteiger partial charge >= 0.3 is 17.3 Å². The van der Waals surface area contributed by atoms with Crippen molar-refractivity contribution in [3.05, 3.63) is 43.8 Å². The molecule has 0 radical (unpaired) electrons. The van der Waals surface area contributed by atoms with Crippen LogP contribution in [0.5, 0.6) is 5.75 Å². The molecule has 8 nitrogen and oxygen atoms in total. The number of benzene rings is 1. The second-order valence-electron chi connectivity index (χ2n) is 4.43. The summed E-state index contributed by atoms with van der Waals surface area (Å²) in [5.74, 6) is -1.42. The van der Waals surface area contributed by atoms with Crippen LogP contribution in [-0.4, -0.2) is 22.6 Å². The molecule has 0 aliphatic carbocycles. The molecule has 0 saturated heterocycles. The summed E-state index contributed by atoms with van der Waals surface area (Å²) < 4.78 is 9.61. The third-order valence-electron chi connectivity index (χ3n) is 3.11. The lowest BCUT2D eigenvalue weighted by Crippen LogP contribution is -2.16. The Labute approximate surface area is 124 Å². The molecule has 116 valence electrons. The van der Waals surface area contributed by atoms with E-state index in [1.807, 2.05) is 0 Å². The molecule has 0 amide bonds. The van der Waals surface area contributed by atoms with Gasteiger partial charge in [0.1, 0.15) is 5.56 Å². The van der Waals surface area contributed by atoms with Crippen LogP contribution < -0.4 is 5.63 Å². The number of carbonyl (C=O) groups excluding carboxylic acids is 1. The number of nitrogens with zero attached hydrogens (tertiary/aromatic N) is 1. The lowest BCUT2D eigenvalue weighted by atomic mass is 10.1. The van der Waals surface area contributed by atoms with Gasteiger partial charge in [0.25, 0.3) is 0 Å². The molecule has 0 bridgehead atoms. The Bertz CT molecular complexity index is 822. The van der Waals surface area contributed by atoms with Crippen molar-refractivity contribution in [1.82, 2.24) is 0 Å². The number of hydrogen-bond acceptors (Lipinski definition) is 7. The SMILES string of the molecule is CCOC(=O)c1cc2cc(CC)c(O)c([N+](=O)[O-])c2oc1=O. The number of rotatable bonds is 4. The third kappa shape index (κ3) is 2.50. The number of esters is 1. The van der Waals surface area contributed by atoms with Crippen LogP contribution in [0.25, 0.3) is 11.0 Å². The zero-order valence-corrected chi connectivity index (χ0v) is 11.9. The first-order valence-electron chi connectivity index (χ1n) is 6.54. The normalized spacial score (nSPS) is 10.6. The molecule has 1 N–H and O–H groups in total. The van der Waals surface area contributed by atoms with E-state index in [0.29, 0.717) is 12.0 Å². The molecule has 0 aliphatic rings. The largest absolute Gasteiger partial charge is 0.502 e. The molecule has 1 aromatic carbocycles. The van der Waals surface area contributed by atoms with Crippen LogP contribution in [0.3, 0.4) is 0 Å². The highest BCUT2D eigenvalue weighted by Crippen LogP contribution is 2.37. The van der Waals surface area contributed by atoms with E-state index < -0.39 is 28.0 Å². The van der Waals surface area contributed by atoms with E-state index in [4.69, 9.17) is 9.15 Å². The molecule has 0 saturated carbocycles. The van der Waals surface area contributed by atoms with Crippen molar-refractivity contribution in [2.24, 2.45) is 0 Å². The summed E-state index contributed by atoms with van der Waals surface area (Å²) >= 11 is 0. The number of nitro groups is 1. The third-order valence-corrected chi connectivity index (χ3v) is 3.11. The number of aryl methyl sites for hydroxylation is 1. The average Bonchev–Trinajstić information content (AvgIpc) is 2.45. The number of fused-ring (bicyclic) bond motifs is 1. The smallest absolute Gasteiger partial charge is 0.353 e. The summed E-state index contributed by atoms with van der Waals surface area (Å²) in [5, 5.41) is 21.2. The first kappa shape index (κ1) is 15.5. The van der Waals surface area contributed by atoms with Gasteiger partial charge in [-0.25, -0.2) is 9.59 Å². The summed E-state index contributed by atoms with van der Waals surface area (Å²) in [6.07, 6.45) is 0.330. The fourth-order valence-corrected chi connectivity index (χ4v) is 2.08. The first-order chi connectivity index (χ1) is 10.4. The fraction of sp³-hybridized carbons (Fsp3) is 0.286. The summed E-state index contributed by atoms with van der Waals surface area (Å²) in [4.78, 5) is 33.8. The second-order valence-corrected chi connectivity index (χ2v) is 4.43. The molecule has 0 fully saturated rings. The summed E-state index contributed by atoms with van der Waals surface area (Å²) in [6.45, 7) is 3.36. The molecular formula is C14H13NO7. The molecule has 2 rings (SSSR count). The van der Waals surface area contributed by atoms with Crippen molar-refractivity contribution in [2.75, 3.05) is 6.61 Å². The minimum atomic E-state index is -1.06. The van der Waals surface area contributed by atoms with E-state index in [9.17, 15) is 24.8 Å². The van der Waals surface area contributed by atoms with E-state index in [2.05, 4.69) is 0 Å².